The lowest BCUT2D eigenvalue weighted by Gasteiger charge is -2.20. The molecule has 0 bridgehead atoms. The summed E-state index contributed by atoms with van der Waals surface area (Å²) >= 11 is 5.87. The Morgan fingerprint density at radius 2 is 1.96 bits per heavy atom. The van der Waals surface area contributed by atoms with Crippen molar-refractivity contribution in [1.82, 2.24) is 20.8 Å². The molecule has 1 aromatic carbocycles. The van der Waals surface area contributed by atoms with Gasteiger partial charge in [0.15, 0.2) is 5.96 Å². The van der Waals surface area contributed by atoms with Crippen LogP contribution in [0.2, 0.25) is 5.02 Å². The summed E-state index contributed by atoms with van der Waals surface area (Å²) in [5.74, 6) is 2.25. The van der Waals surface area contributed by atoms with Crippen molar-refractivity contribution in [3.05, 3.63) is 35.2 Å². The Hall–Kier alpha value is -2.08. The molecule has 0 amide bonds. The van der Waals surface area contributed by atoms with E-state index < -0.39 is 0 Å². The van der Waals surface area contributed by atoms with Crippen LogP contribution in [0.3, 0.4) is 0 Å². The van der Waals surface area contributed by atoms with Gasteiger partial charge in [-0.1, -0.05) is 30.6 Å². The summed E-state index contributed by atoms with van der Waals surface area (Å²) < 4.78 is 5.26. The summed E-state index contributed by atoms with van der Waals surface area (Å²) in [5.41, 5.74) is 0.861. The second-order valence-corrected chi connectivity index (χ2v) is 6.06. The van der Waals surface area contributed by atoms with Gasteiger partial charge in [-0.25, -0.2) is 0 Å². The number of nitrogens with one attached hydrogen (secondary N) is 2. The van der Waals surface area contributed by atoms with E-state index in [0.717, 1.165) is 5.56 Å². The number of hydrogen-bond acceptors (Lipinski definition) is 4. The first-order chi connectivity index (χ1) is 11.0. The maximum atomic E-state index is 5.87. The molecule has 7 heteroatoms. The van der Waals surface area contributed by atoms with Crippen molar-refractivity contribution in [2.45, 2.75) is 33.4 Å². The third-order valence-corrected chi connectivity index (χ3v) is 3.82. The van der Waals surface area contributed by atoms with Gasteiger partial charge in [-0.05, 0) is 37.1 Å². The molecule has 124 valence electrons. The van der Waals surface area contributed by atoms with Gasteiger partial charge in [0, 0.05) is 23.7 Å². The third-order valence-electron chi connectivity index (χ3n) is 3.57. The van der Waals surface area contributed by atoms with Crippen LogP contribution in [0.15, 0.2) is 33.8 Å². The molecule has 0 aliphatic carbocycles. The minimum absolute atomic E-state index is 0.313. The summed E-state index contributed by atoms with van der Waals surface area (Å²) in [6, 6.07) is 7.62. The van der Waals surface area contributed by atoms with Gasteiger partial charge in [0.25, 0.3) is 0 Å². The first-order valence-electron chi connectivity index (χ1n) is 7.55. The Morgan fingerprint density at radius 3 is 2.57 bits per heavy atom. The summed E-state index contributed by atoms with van der Waals surface area (Å²) in [6.45, 7) is 6.83. The van der Waals surface area contributed by atoms with Crippen LogP contribution in [0.25, 0.3) is 11.4 Å². The molecule has 2 N–H and O–H groups in total. The zero-order valence-electron chi connectivity index (χ0n) is 13.8. The van der Waals surface area contributed by atoms with Crippen molar-refractivity contribution < 1.29 is 4.52 Å². The molecule has 0 spiro atoms. The summed E-state index contributed by atoms with van der Waals surface area (Å²) in [4.78, 5) is 8.55. The van der Waals surface area contributed by atoms with Crippen LogP contribution in [0.5, 0.6) is 0 Å². The first-order valence-corrected chi connectivity index (χ1v) is 7.93. The number of halogens is 1. The molecule has 0 radical (unpaired) electrons. The molecular weight excluding hydrogens is 314 g/mol. The van der Waals surface area contributed by atoms with Gasteiger partial charge in [0.05, 0.1) is 6.54 Å². The maximum Gasteiger partial charge on any atom is 0.246 e. The predicted octanol–water partition coefficient (Wildman–Crippen LogP) is 3.10. The maximum absolute atomic E-state index is 5.87. The number of rotatable bonds is 5. The smallest absolute Gasteiger partial charge is 0.246 e. The second kappa shape index (κ2) is 7.97. The number of hydrogen-bond donors (Lipinski definition) is 2. The molecule has 6 nitrogen and oxygen atoms in total. The van der Waals surface area contributed by atoms with E-state index in [0.29, 0.717) is 41.2 Å². The molecule has 0 saturated heterocycles. The van der Waals surface area contributed by atoms with Crippen LogP contribution in [0, 0.1) is 5.92 Å². The fourth-order valence-corrected chi connectivity index (χ4v) is 1.91. The Kier molecular flexibility index (Phi) is 5.98. The fourth-order valence-electron chi connectivity index (χ4n) is 1.78. The van der Waals surface area contributed by atoms with Gasteiger partial charge < -0.3 is 15.2 Å². The number of aliphatic imine (C=N–C) groups is 1. The summed E-state index contributed by atoms with van der Waals surface area (Å²) in [5, 5.41) is 11.1. The molecule has 2 aromatic rings. The topological polar surface area (TPSA) is 75.3 Å². The first kappa shape index (κ1) is 17.3. The zero-order chi connectivity index (χ0) is 16.8. The number of guanidine groups is 1. The van der Waals surface area contributed by atoms with Crippen molar-refractivity contribution in [2.24, 2.45) is 10.9 Å². The lowest BCUT2D eigenvalue weighted by atomic mass is 10.1. The molecule has 0 aliphatic rings. The number of nitrogens with zero attached hydrogens (tertiary/aromatic N) is 3. The summed E-state index contributed by atoms with van der Waals surface area (Å²) in [6.07, 6.45) is 0. The minimum Gasteiger partial charge on any atom is -0.354 e. The van der Waals surface area contributed by atoms with Crippen LogP contribution >= 0.6 is 11.6 Å². The van der Waals surface area contributed by atoms with Crippen LogP contribution in [-0.2, 0) is 6.54 Å². The van der Waals surface area contributed by atoms with Crippen LogP contribution in [-0.4, -0.2) is 29.2 Å². The van der Waals surface area contributed by atoms with Gasteiger partial charge in [0.2, 0.25) is 11.7 Å². The third kappa shape index (κ3) is 4.96. The van der Waals surface area contributed by atoms with E-state index in [9.17, 15) is 0 Å². The molecule has 0 saturated carbocycles. The van der Waals surface area contributed by atoms with E-state index in [1.54, 1.807) is 19.2 Å². The van der Waals surface area contributed by atoms with Gasteiger partial charge in [-0.3, -0.25) is 4.99 Å². The Balaban J connectivity index is 1.95. The van der Waals surface area contributed by atoms with Crippen LogP contribution < -0.4 is 10.6 Å². The zero-order valence-corrected chi connectivity index (χ0v) is 14.6. The lowest BCUT2D eigenvalue weighted by Crippen LogP contribution is -2.43. The molecular formula is C16H22ClN5O. The highest BCUT2D eigenvalue weighted by Crippen LogP contribution is 2.18. The molecule has 1 unspecified atom stereocenters. The average molecular weight is 336 g/mol. The molecule has 2 rings (SSSR count). The van der Waals surface area contributed by atoms with E-state index in [2.05, 4.69) is 46.5 Å². The molecule has 1 heterocycles. The van der Waals surface area contributed by atoms with Crippen molar-refractivity contribution in [3.8, 4) is 11.4 Å². The Morgan fingerprint density at radius 1 is 1.26 bits per heavy atom. The predicted molar refractivity (Wildman–Crippen MR) is 92.4 cm³/mol. The van der Waals surface area contributed by atoms with Crippen molar-refractivity contribution in [1.29, 1.82) is 0 Å². The van der Waals surface area contributed by atoms with E-state index in [4.69, 9.17) is 16.1 Å². The van der Waals surface area contributed by atoms with Crippen molar-refractivity contribution in [2.75, 3.05) is 7.05 Å². The van der Waals surface area contributed by atoms with E-state index in [1.807, 2.05) is 12.1 Å². The van der Waals surface area contributed by atoms with Crippen molar-refractivity contribution in [3.63, 3.8) is 0 Å². The molecule has 1 aromatic heterocycles. The molecule has 1 atom stereocenters. The quantitative estimate of drug-likeness (QED) is 0.648. The minimum atomic E-state index is 0.313. The van der Waals surface area contributed by atoms with Gasteiger partial charge in [-0.15, -0.1) is 0 Å². The Bertz CT molecular complexity index is 651. The van der Waals surface area contributed by atoms with Crippen molar-refractivity contribution >= 4 is 17.6 Å². The van der Waals surface area contributed by atoms with Gasteiger partial charge in [-0.2, -0.15) is 4.98 Å². The van der Waals surface area contributed by atoms with Gasteiger partial charge in [0.1, 0.15) is 0 Å². The molecule has 0 aliphatic heterocycles. The SMILES string of the molecule is CN=C(NCc1nc(-c2ccc(Cl)cc2)no1)NC(C)C(C)C. The highest BCUT2D eigenvalue weighted by molar-refractivity contribution is 6.30. The number of benzene rings is 1. The second-order valence-electron chi connectivity index (χ2n) is 5.62. The van der Waals surface area contributed by atoms with Crippen LogP contribution in [0.4, 0.5) is 0 Å². The van der Waals surface area contributed by atoms with Gasteiger partial charge >= 0.3 is 0 Å². The highest BCUT2D eigenvalue weighted by atomic mass is 35.5. The van der Waals surface area contributed by atoms with E-state index in [-0.39, 0.29) is 0 Å². The summed E-state index contributed by atoms with van der Waals surface area (Å²) in [7, 11) is 1.73. The molecule has 23 heavy (non-hydrogen) atoms. The van der Waals surface area contributed by atoms with E-state index in [1.165, 1.54) is 0 Å². The standard InChI is InChI=1S/C16H22ClN5O/c1-10(2)11(3)20-16(18-4)19-9-14-21-15(22-23-14)12-5-7-13(17)8-6-12/h5-8,10-11H,9H2,1-4H3,(H2,18,19,20). The lowest BCUT2D eigenvalue weighted by molar-refractivity contribution is 0.374. The number of aromatic nitrogens is 2. The largest absolute Gasteiger partial charge is 0.354 e. The fraction of sp³-hybridized carbons (Fsp3) is 0.438. The normalized spacial score (nSPS) is 13.2. The Labute approximate surface area is 141 Å². The highest BCUT2D eigenvalue weighted by Gasteiger charge is 2.11. The average Bonchev–Trinajstić information content (AvgIpc) is 3.00. The van der Waals surface area contributed by atoms with Crippen LogP contribution in [0.1, 0.15) is 26.7 Å². The monoisotopic (exact) mass is 335 g/mol. The van der Waals surface area contributed by atoms with E-state index >= 15 is 0 Å². The molecule has 0 fully saturated rings.